The molecule has 0 unspecified atom stereocenters. The van der Waals surface area contributed by atoms with Crippen molar-refractivity contribution in [3.8, 4) is 0 Å². The third-order valence-corrected chi connectivity index (χ3v) is 3.04. The molecule has 4 heteroatoms. The quantitative estimate of drug-likeness (QED) is 0.915. The Morgan fingerprint density at radius 3 is 2.47 bits per heavy atom. The number of hydrogen-bond acceptors (Lipinski definition) is 2. The van der Waals surface area contributed by atoms with Gasteiger partial charge in [0.2, 0.25) is 0 Å². The number of carbonyl (C=O) groups is 1. The van der Waals surface area contributed by atoms with Crippen molar-refractivity contribution in [1.82, 2.24) is 4.98 Å². The van der Waals surface area contributed by atoms with Gasteiger partial charge in [-0.2, -0.15) is 0 Å². The average Bonchev–Trinajstić information content (AvgIpc) is 2.39. The largest absolute Gasteiger partial charge is 0.307 e. The predicted molar refractivity (Wildman–Crippen MR) is 77.7 cm³/mol. The lowest BCUT2D eigenvalue weighted by Crippen LogP contribution is -2.12. The van der Waals surface area contributed by atoms with Crippen molar-refractivity contribution in [2.24, 2.45) is 0 Å². The fraction of sp³-hybridized carbons (Fsp3) is 0.200. The van der Waals surface area contributed by atoms with Gasteiger partial charge in [-0.15, -0.1) is 0 Å². The first kappa shape index (κ1) is 13.6. The molecule has 1 aromatic carbocycles. The van der Waals surface area contributed by atoms with Gasteiger partial charge in [-0.3, -0.25) is 4.79 Å². The second-order valence-electron chi connectivity index (χ2n) is 4.59. The topological polar surface area (TPSA) is 42.0 Å². The summed E-state index contributed by atoms with van der Waals surface area (Å²) < 4.78 is 0. The van der Waals surface area contributed by atoms with E-state index in [9.17, 15) is 4.79 Å². The molecule has 2 rings (SSSR count). The van der Waals surface area contributed by atoms with Gasteiger partial charge in [-0.25, -0.2) is 4.98 Å². The summed E-state index contributed by atoms with van der Waals surface area (Å²) in [5, 5.41) is 3.26. The number of benzene rings is 1. The Hall–Kier alpha value is -1.87. The van der Waals surface area contributed by atoms with E-state index in [1.54, 1.807) is 18.3 Å². The van der Waals surface area contributed by atoms with Crippen LogP contribution in [0.4, 0.5) is 5.82 Å². The highest BCUT2D eigenvalue weighted by Gasteiger charge is 2.07. The molecule has 0 fully saturated rings. The van der Waals surface area contributed by atoms with Crippen molar-refractivity contribution in [2.45, 2.75) is 19.8 Å². The second kappa shape index (κ2) is 5.85. The van der Waals surface area contributed by atoms with Crippen LogP contribution in [0.5, 0.6) is 0 Å². The first-order valence-corrected chi connectivity index (χ1v) is 6.47. The molecule has 2 aromatic rings. The molecule has 0 aliphatic rings. The SMILES string of the molecule is CC(C)c1ccc(C(=O)Nc2cc(Cl)ccn2)cc1. The van der Waals surface area contributed by atoms with Crippen LogP contribution in [0.25, 0.3) is 0 Å². The minimum absolute atomic E-state index is 0.190. The van der Waals surface area contributed by atoms with Crippen LogP contribution < -0.4 is 5.32 Å². The summed E-state index contributed by atoms with van der Waals surface area (Å²) in [7, 11) is 0. The number of anilines is 1. The van der Waals surface area contributed by atoms with Crippen LogP contribution in [0.3, 0.4) is 0 Å². The number of aromatic nitrogens is 1. The van der Waals surface area contributed by atoms with Gasteiger partial charge in [0.25, 0.3) is 5.91 Å². The van der Waals surface area contributed by atoms with E-state index in [1.807, 2.05) is 24.3 Å². The van der Waals surface area contributed by atoms with E-state index in [-0.39, 0.29) is 5.91 Å². The zero-order valence-electron chi connectivity index (χ0n) is 10.9. The molecule has 0 bridgehead atoms. The monoisotopic (exact) mass is 274 g/mol. The minimum Gasteiger partial charge on any atom is -0.307 e. The van der Waals surface area contributed by atoms with Gasteiger partial charge in [0, 0.05) is 16.8 Å². The first-order chi connectivity index (χ1) is 9.06. The molecular formula is C15H15ClN2O. The van der Waals surface area contributed by atoms with Gasteiger partial charge in [0.15, 0.2) is 0 Å². The zero-order chi connectivity index (χ0) is 13.8. The molecule has 0 aliphatic carbocycles. The maximum Gasteiger partial charge on any atom is 0.256 e. The number of rotatable bonds is 3. The third-order valence-electron chi connectivity index (χ3n) is 2.80. The third kappa shape index (κ3) is 3.55. The average molecular weight is 275 g/mol. The number of hydrogen-bond donors (Lipinski definition) is 1. The molecule has 0 atom stereocenters. The normalized spacial score (nSPS) is 10.5. The van der Waals surface area contributed by atoms with Crippen molar-refractivity contribution in [3.05, 3.63) is 58.7 Å². The highest BCUT2D eigenvalue weighted by atomic mass is 35.5. The molecule has 0 saturated heterocycles. The van der Waals surface area contributed by atoms with Crippen molar-refractivity contribution < 1.29 is 4.79 Å². The van der Waals surface area contributed by atoms with Gasteiger partial charge >= 0.3 is 0 Å². The van der Waals surface area contributed by atoms with Gasteiger partial charge in [0.1, 0.15) is 5.82 Å². The van der Waals surface area contributed by atoms with Crippen molar-refractivity contribution in [3.63, 3.8) is 0 Å². The molecule has 0 aliphatic heterocycles. The highest BCUT2D eigenvalue weighted by molar-refractivity contribution is 6.30. The lowest BCUT2D eigenvalue weighted by molar-refractivity contribution is 0.102. The Morgan fingerprint density at radius 2 is 1.89 bits per heavy atom. The van der Waals surface area contributed by atoms with E-state index >= 15 is 0 Å². The van der Waals surface area contributed by atoms with E-state index in [2.05, 4.69) is 24.1 Å². The fourth-order valence-corrected chi connectivity index (χ4v) is 1.84. The maximum atomic E-state index is 12.0. The number of nitrogens with one attached hydrogen (secondary N) is 1. The fourth-order valence-electron chi connectivity index (χ4n) is 1.68. The summed E-state index contributed by atoms with van der Waals surface area (Å²) in [4.78, 5) is 16.0. The summed E-state index contributed by atoms with van der Waals surface area (Å²) in [5.74, 6) is 0.710. The van der Waals surface area contributed by atoms with Crippen molar-refractivity contribution >= 4 is 23.3 Å². The lowest BCUT2D eigenvalue weighted by atomic mass is 10.0. The Balaban J connectivity index is 2.11. The molecule has 0 radical (unpaired) electrons. The molecule has 0 spiro atoms. The summed E-state index contributed by atoms with van der Waals surface area (Å²) >= 11 is 5.84. The first-order valence-electron chi connectivity index (χ1n) is 6.09. The summed E-state index contributed by atoms with van der Waals surface area (Å²) in [6.07, 6.45) is 1.56. The van der Waals surface area contributed by atoms with Crippen LogP contribution in [0, 0.1) is 0 Å². The smallest absolute Gasteiger partial charge is 0.256 e. The van der Waals surface area contributed by atoms with Gasteiger partial charge < -0.3 is 5.32 Å². The minimum atomic E-state index is -0.190. The maximum absolute atomic E-state index is 12.0. The van der Waals surface area contributed by atoms with Crippen LogP contribution in [-0.2, 0) is 0 Å². The van der Waals surface area contributed by atoms with Crippen molar-refractivity contribution in [1.29, 1.82) is 0 Å². The molecule has 0 saturated carbocycles. The molecule has 1 aromatic heterocycles. The second-order valence-corrected chi connectivity index (χ2v) is 5.03. The van der Waals surface area contributed by atoms with Gasteiger partial charge in [-0.1, -0.05) is 37.6 Å². The van der Waals surface area contributed by atoms with Crippen LogP contribution in [-0.4, -0.2) is 10.9 Å². The van der Waals surface area contributed by atoms with E-state index in [1.165, 1.54) is 5.56 Å². The van der Waals surface area contributed by atoms with Crippen LogP contribution in [0.2, 0.25) is 5.02 Å². The summed E-state index contributed by atoms with van der Waals surface area (Å²) in [6.45, 7) is 4.23. The summed E-state index contributed by atoms with van der Waals surface area (Å²) in [6, 6.07) is 10.8. The van der Waals surface area contributed by atoms with Crippen LogP contribution >= 0.6 is 11.6 Å². The Labute approximate surface area is 117 Å². The molecule has 1 amide bonds. The van der Waals surface area contributed by atoms with E-state index in [0.29, 0.717) is 22.3 Å². The van der Waals surface area contributed by atoms with Crippen LogP contribution in [0.15, 0.2) is 42.6 Å². The molecule has 98 valence electrons. The zero-order valence-corrected chi connectivity index (χ0v) is 11.6. The standard InChI is InChI=1S/C15H15ClN2O/c1-10(2)11-3-5-12(6-4-11)15(19)18-14-9-13(16)7-8-17-14/h3-10H,1-2H3,(H,17,18,19). The summed E-state index contributed by atoms with van der Waals surface area (Å²) in [5.41, 5.74) is 1.81. The predicted octanol–water partition coefficient (Wildman–Crippen LogP) is 4.11. The number of halogens is 1. The Bertz CT molecular complexity index is 579. The van der Waals surface area contributed by atoms with E-state index in [0.717, 1.165) is 0 Å². The molecule has 3 nitrogen and oxygen atoms in total. The van der Waals surface area contributed by atoms with Gasteiger partial charge in [-0.05, 0) is 35.7 Å². The Kier molecular flexibility index (Phi) is 4.17. The Morgan fingerprint density at radius 1 is 1.21 bits per heavy atom. The number of nitrogens with zero attached hydrogens (tertiary/aromatic N) is 1. The molecule has 19 heavy (non-hydrogen) atoms. The van der Waals surface area contributed by atoms with Crippen molar-refractivity contribution in [2.75, 3.05) is 5.32 Å². The molecular weight excluding hydrogens is 260 g/mol. The van der Waals surface area contributed by atoms with Gasteiger partial charge in [0.05, 0.1) is 0 Å². The number of carbonyl (C=O) groups excluding carboxylic acids is 1. The number of amides is 1. The lowest BCUT2D eigenvalue weighted by Gasteiger charge is -2.07. The molecule has 1 heterocycles. The molecule has 1 N–H and O–H groups in total. The van der Waals surface area contributed by atoms with E-state index < -0.39 is 0 Å². The number of pyridine rings is 1. The van der Waals surface area contributed by atoms with Crippen LogP contribution in [0.1, 0.15) is 35.7 Å². The highest BCUT2D eigenvalue weighted by Crippen LogP contribution is 2.16. The van der Waals surface area contributed by atoms with E-state index in [4.69, 9.17) is 11.6 Å².